The lowest BCUT2D eigenvalue weighted by atomic mass is 9.92. The Kier molecular flexibility index (Phi) is 16.9. The Balaban J connectivity index is 0.000000154. The summed E-state index contributed by atoms with van der Waals surface area (Å²) in [6.45, 7) is 11.9. The first-order valence-corrected chi connectivity index (χ1v) is 27.1. The number of aromatic nitrogens is 12. The van der Waals surface area contributed by atoms with E-state index in [4.69, 9.17) is 16.3 Å². The summed E-state index contributed by atoms with van der Waals surface area (Å²) < 4.78 is 37.9. The van der Waals surface area contributed by atoms with Crippen molar-refractivity contribution < 1.29 is 18.6 Å². The van der Waals surface area contributed by atoms with Crippen molar-refractivity contribution in [3.8, 4) is 27.7 Å². The third-order valence-electron chi connectivity index (χ3n) is 12.1. The quantitative estimate of drug-likeness (QED) is 0.0904. The summed E-state index contributed by atoms with van der Waals surface area (Å²) in [5, 5.41) is 19.9. The smallest absolute Gasteiger partial charge is 0.294 e. The molecule has 0 saturated carbocycles. The molecule has 0 amide bonds. The van der Waals surface area contributed by atoms with Crippen molar-refractivity contribution in [2.45, 2.75) is 88.5 Å². The number of piperidine rings is 2. The molecule has 8 aromatic rings. The van der Waals surface area contributed by atoms with Gasteiger partial charge in [0.1, 0.15) is 6.10 Å². The number of halogens is 3. The molecule has 2 aliphatic heterocycles. The minimum absolute atomic E-state index is 0.0293. The molecule has 0 radical (unpaired) electrons. The van der Waals surface area contributed by atoms with Crippen molar-refractivity contribution in [3.05, 3.63) is 88.9 Å². The predicted octanol–water partition coefficient (Wildman–Crippen LogP) is 9.75. The van der Waals surface area contributed by atoms with Gasteiger partial charge in [0.25, 0.3) is 5.19 Å². The number of imidazole rings is 2. The molecule has 2 atom stereocenters. The summed E-state index contributed by atoms with van der Waals surface area (Å²) in [4.78, 5) is 40.1. The number of hydrogen-bond donors (Lipinski definition) is 1. The van der Waals surface area contributed by atoms with E-state index in [1.807, 2.05) is 44.2 Å². The maximum absolute atomic E-state index is 14.4. The van der Waals surface area contributed by atoms with Gasteiger partial charge in [-0.1, -0.05) is 25.2 Å². The van der Waals surface area contributed by atoms with Gasteiger partial charge in [-0.05, 0) is 135 Å². The minimum Gasteiger partial charge on any atom is -0.466 e. The molecule has 16 nitrogen and oxygen atoms in total. The lowest BCUT2D eigenvalue weighted by molar-refractivity contribution is 0.109. The monoisotopic (exact) mass is 1030 g/mol. The second kappa shape index (κ2) is 23.2. The number of pyridine rings is 2. The molecular formula is C46H53ClF2N14O2S4. The van der Waals surface area contributed by atoms with Crippen molar-refractivity contribution in [2.75, 3.05) is 48.5 Å². The SMILES string of the molecule is CCc1cnc(N2CCC([C@H](C)O)CC2)nc1.CCc1cnc(N2CCC([C@H](C)Oc3nn4cc(-c5ccc(SC)nc5F)nc4s3)CC2)nc1.CSc1ccc(-c2cn3nc(Cl)sc3n2)c(F)n1. The van der Waals surface area contributed by atoms with Gasteiger partial charge in [-0.3, -0.25) is 0 Å². The summed E-state index contributed by atoms with van der Waals surface area (Å²) in [5.74, 6) is 1.43. The predicted molar refractivity (Wildman–Crippen MR) is 271 cm³/mol. The molecule has 0 aliphatic carbocycles. The van der Waals surface area contributed by atoms with Crippen LogP contribution in [-0.4, -0.2) is 115 Å². The standard InChI is InChI=1S/C23H26FN7OS2.C13H21N3O.C10H6ClFN4S2/c1-4-15-11-25-21(26-12-15)30-9-7-16(8-10-30)14(2)32-23-29-31-13-18(27-22(31)34-23)17-5-6-19(33-3)28-20(17)24;1-3-11-8-14-13(15-9-11)16-6-4-12(5-7-16)10(2)17;1-17-7-3-2-5(8(12)14-7)6-4-16-10(13-6)18-9(11)15-16/h5-6,11-14,16H,4,7-10H2,1-3H3;8-10,12,17H,3-7H2,1-2H3;2-4H,1H3/t14-;10-;/m00./s1. The number of ether oxygens (including phenoxy) is 1. The summed E-state index contributed by atoms with van der Waals surface area (Å²) in [6, 6.07) is 6.92. The first-order chi connectivity index (χ1) is 33.4. The maximum Gasteiger partial charge on any atom is 0.294 e. The molecule has 69 heavy (non-hydrogen) atoms. The van der Waals surface area contributed by atoms with E-state index in [-0.39, 0.29) is 12.2 Å². The van der Waals surface area contributed by atoms with Gasteiger partial charge in [0.15, 0.2) is 0 Å². The van der Waals surface area contributed by atoms with Gasteiger partial charge in [-0.15, -0.1) is 33.7 Å². The molecule has 8 aromatic heterocycles. The molecular weight excluding hydrogens is 982 g/mol. The number of aliphatic hydroxyl groups is 1. The number of aryl methyl sites for hydroxylation is 2. The summed E-state index contributed by atoms with van der Waals surface area (Å²) in [6.07, 6.45) is 20.5. The number of aliphatic hydroxyl groups excluding tert-OH is 1. The zero-order valence-corrected chi connectivity index (χ0v) is 43.1. The first-order valence-electron chi connectivity index (χ1n) is 22.7. The fourth-order valence-corrected chi connectivity index (χ4v) is 10.4. The van der Waals surface area contributed by atoms with E-state index >= 15 is 0 Å². The van der Waals surface area contributed by atoms with E-state index in [2.05, 4.69) is 80.6 Å². The second-order valence-electron chi connectivity index (χ2n) is 16.5. The number of fused-ring (bicyclic) bond motifs is 2. The highest BCUT2D eigenvalue weighted by molar-refractivity contribution is 7.98. The van der Waals surface area contributed by atoms with Crippen LogP contribution in [0.2, 0.25) is 4.47 Å². The number of thioether (sulfide) groups is 2. The Morgan fingerprint density at radius 3 is 1.54 bits per heavy atom. The summed E-state index contributed by atoms with van der Waals surface area (Å²) >= 11 is 11.1. The molecule has 0 unspecified atom stereocenters. The molecule has 364 valence electrons. The van der Waals surface area contributed by atoms with Crippen molar-refractivity contribution in [3.63, 3.8) is 0 Å². The highest BCUT2D eigenvalue weighted by Gasteiger charge is 2.28. The van der Waals surface area contributed by atoms with Crippen molar-refractivity contribution >= 4 is 79.6 Å². The maximum atomic E-state index is 14.4. The molecule has 2 saturated heterocycles. The number of hydrogen-bond acceptors (Lipinski definition) is 18. The van der Waals surface area contributed by atoms with E-state index in [0.717, 1.165) is 82.2 Å². The largest absolute Gasteiger partial charge is 0.466 e. The van der Waals surface area contributed by atoms with Gasteiger partial charge in [0.05, 0.1) is 51.1 Å². The molecule has 0 aromatic carbocycles. The lowest BCUT2D eigenvalue weighted by Crippen LogP contribution is -2.39. The molecule has 23 heteroatoms. The van der Waals surface area contributed by atoms with Crippen LogP contribution in [-0.2, 0) is 12.8 Å². The van der Waals surface area contributed by atoms with E-state index < -0.39 is 11.9 Å². The van der Waals surface area contributed by atoms with Gasteiger partial charge in [-0.2, -0.15) is 8.78 Å². The van der Waals surface area contributed by atoms with E-state index in [1.165, 1.54) is 56.3 Å². The van der Waals surface area contributed by atoms with Crippen LogP contribution >= 0.6 is 57.8 Å². The van der Waals surface area contributed by atoms with Crippen LogP contribution in [0, 0.1) is 23.7 Å². The average molecular weight is 1040 g/mol. The van der Waals surface area contributed by atoms with Crippen molar-refractivity contribution in [1.29, 1.82) is 0 Å². The Labute approximate surface area is 420 Å². The second-order valence-corrected chi connectivity index (χ2v) is 20.6. The third kappa shape index (κ3) is 12.4. The Hall–Kier alpha value is -5.13. The van der Waals surface area contributed by atoms with Crippen LogP contribution in [0.5, 0.6) is 5.19 Å². The zero-order chi connectivity index (χ0) is 48.6. The Bertz CT molecular complexity index is 2860. The fraction of sp³-hybridized carbons (Fsp3) is 0.435. The summed E-state index contributed by atoms with van der Waals surface area (Å²) in [5.41, 5.74) is 4.07. The number of rotatable bonds is 12. The van der Waals surface area contributed by atoms with Crippen LogP contribution in [0.15, 0.2) is 71.5 Å². The van der Waals surface area contributed by atoms with E-state index in [1.54, 1.807) is 41.2 Å². The Morgan fingerprint density at radius 2 is 1.13 bits per heavy atom. The van der Waals surface area contributed by atoms with Crippen molar-refractivity contribution in [2.24, 2.45) is 11.8 Å². The van der Waals surface area contributed by atoms with Crippen molar-refractivity contribution in [1.82, 2.24) is 59.1 Å². The number of anilines is 2. The molecule has 2 aliphatic rings. The van der Waals surface area contributed by atoms with Crippen LogP contribution in [0.1, 0.15) is 64.5 Å². The topological polar surface area (TPSA) is 174 Å². The minimum atomic E-state index is -0.529. The molecule has 0 bridgehead atoms. The van der Waals surface area contributed by atoms with Gasteiger partial charge >= 0.3 is 0 Å². The first kappa shape index (κ1) is 50.3. The zero-order valence-electron chi connectivity index (χ0n) is 39.0. The average Bonchev–Trinajstić information content (AvgIpc) is 4.15. The molecule has 2 fully saturated rings. The van der Waals surface area contributed by atoms with Crippen LogP contribution in [0.25, 0.3) is 32.4 Å². The third-order valence-corrected chi connectivity index (χ3v) is 15.3. The number of nitrogens with zero attached hydrogens (tertiary/aromatic N) is 14. The van der Waals surface area contributed by atoms with E-state index in [0.29, 0.717) is 64.0 Å². The fourth-order valence-electron chi connectivity index (χ4n) is 7.90. The van der Waals surface area contributed by atoms with Gasteiger partial charge in [0, 0.05) is 51.0 Å². The van der Waals surface area contributed by atoms with Gasteiger partial charge < -0.3 is 19.6 Å². The normalized spacial score (nSPS) is 15.4. The molecule has 1 N–H and O–H groups in total. The molecule has 0 spiro atoms. The molecule has 10 heterocycles. The highest BCUT2D eigenvalue weighted by Crippen LogP contribution is 2.32. The van der Waals surface area contributed by atoms with Crippen LogP contribution in [0.3, 0.4) is 0 Å². The highest BCUT2D eigenvalue weighted by atomic mass is 35.5. The van der Waals surface area contributed by atoms with Crippen LogP contribution < -0.4 is 14.5 Å². The molecule has 10 rings (SSSR count). The van der Waals surface area contributed by atoms with Gasteiger partial charge in [0.2, 0.25) is 38.2 Å². The summed E-state index contributed by atoms with van der Waals surface area (Å²) in [7, 11) is 0. The van der Waals surface area contributed by atoms with E-state index in [9.17, 15) is 13.9 Å². The van der Waals surface area contributed by atoms with Crippen LogP contribution in [0.4, 0.5) is 20.7 Å². The van der Waals surface area contributed by atoms with Gasteiger partial charge in [-0.25, -0.2) is 48.9 Å². The Morgan fingerprint density at radius 1 is 0.681 bits per heavy atom. The lowest BCUT2D eigenvalue weighted by Gasteiger charge is -2.34.